The Labute approximate surface area is 101 Å². The van der Waals surface area contributed by atoms with Crippen LogP contribution in [0.25, 0.3) is 0 Å². The van der Waals surface area contributed by atoms with Gasteiger partial charge in [0.25, 0.3) is 0 Å². The van der Waals surface area contributed by atoms with E-state index in [1.54, 1.807) is 0 Å². The summed E-state index contributed by atoms with van der Waals surface area (Å²) in [5.74, 6) is -0.351. The Balaban J connectivity index is 3.15. The summed E-state index contributed by atoms with van der Waals surface area (Å²) in [6, 6.07) is 2.84. The summed E-state index contributed by atoms with van der Waals surface area (Å²) in [5.41, 5.74) is 0.337. The van der Waals surface area contributed by atoms with Crippen LogP contribution >= 0.6 is 23.2 Å². The molecule has 0 saturated heterocycles. The molecule has 0 aromatic heterocycles. The Morgan fingerprint density at radius 3 is 2.38 bits per heavy atom. The first-order chi connectivity index (χ1) is 7.41. The van der Waals surface area contributed by atoms with E-state index in [-0.39, 0.29) is 27.3 Å². The molecule has 0 bridgehead atoms. The van der Waals surface area contributed by atoms with E-state index in [0.717, 1.165) is 0 Å². The first-order valence-electron chi connectivity index (χ1n) is 4.17. The lowest BCUT2D eigenvalue weighted by Crippen LogP contribution is -2.11. The highest BCUT2D eigenvalue weighted by Gasteiger charge is 2.13. The Morgan fingerprint density at radius 2 is 1.88 bits per heavy atom. The average molecular weight is 263 g/mol. The normalized spacial score (nSPS) is 9.69. The molecule has 3 N–H and O–H groups in total. The van der Waals surface area contributed by atoms with Crippen molar-refractivity contribution < 1.29 is 14.7 Å². The number of rotatable bonds is 2. The van der Waals surface area contributed by atoms with Crippen LogP contribution < -0.4 is 10.6 Å². The van der Waals surface area contributed by atoms with Crippen LogP contribution in [0, 0.1) is 0 Å². The van der Waals surface area contributed by atoms with Gasteiger partial charge < -0.3 is 10.4 Å². The molecule has 0 spiro atoms. The van der Waals surface area contributed by atoms with Gasteiger partial charge in [0.05, 0.1) is 21.4 Å². The van der Waals surface area contributed by atoms with E-state index in [1.165, 1.54) is 19.1 Å². The molecule has 0 heterocycles. The molecule has 0 radical (unpaired) electrons. The molecule has 86 valence electrons. The van der Waals surface area contributed by atoms with Gasteiger partial charge in [-0.05, 0) is 12.1 Å². The maximum atomic E-state index is 10.9. The zero-order chi connectivity index (χ0) is 12.3. The van der Waals surface area contributed by atoms with Crippen LogP contribution in [-0.2, 0) is 4.79 Å². The van der Waals surface area contributed by atoms with E-state index in [1.807, 2.05) is 0 Å². The number of amides is 2. The Kier molecular flexibility index (Phi) is 3.98. The number of benzene rings is 1. The Bertz CT molecular complexity index is 449. The van der Waals surface area contributed by atoms with Gasteiger partial charge in [-0.25, -0.2) is 4.79 Å². The van der Waals surface area contributed by atoms with Crippen LogP contribution in [0.4, 0.5) is 16.2 Å². The van der Waals surface area contributed by atoms with Crippen LogP contribution in [0.1, 0.15) is 6.92 Å². The lowest BCUT2D eigenvalue weighted by atomic mass is 10.2. The number of hydrogen-bond donors (Lipinski definition) is 3. The van der Waals surface area contributed by atoms with Gasteiger partial charge in [0.15, 0.2) is 0 Å². The first kappa shape index (κ1) is 12.6. The van der Waals surface area contributed by atoms with Crippen molar-refractivity contribution in [3.05, 3.63) is 22.2 Å². The molecule has 0 fully saturated rings. The lowest BCUT2D eigenvalue weighted by Gasteiger charge is -2.11. The first-order valence-corrected chi connectivity index (χ1v) is 4.93. The van der Waals surface area contributed by atoms with Crippen molar-refractivity contribution in [2.75, 3.05) is 10.6 Å². The van der Waals surface area contributed by atoms with Gasteiger partial charge in [-0.1, -0.05) is 23.2 Å². The summed E-state index contributed by atoms with van der Waals surface area (Å²) in [7, 11) is 0. The quantitative estimate of drug-likeness (QED) is 0.767. The SMILES string of the molecule is CC(=O)Nc1c(Cl)ccc(NC(=O)O)c1Cl. The zero-order valence-corrected chi connectivity index (χ0v) is 9.69. The third-order valence-electron chi connectivity index (χ3n) is 1.63. The van der Waals surface area contributed by atoms with Crippen molar-refractivity contribution in [2.45, 2.75) is 6.92 Å². The predicted molar refractivity (Wildman–Crippen MR) is 62.4 cm³/mol. The zero-order valence-electron chi connectivity index (χ0n) is 8.17. The second-order valence-electron chi connectivity index (χ2n) is 2.90. The number of anilines is 2. The van der Waals surface area contributed by atoms with Crippen molar-refractivity contribution in [2.24, 2.45) is 0 Å². The fourth-order valence-electron chi connectivity index (χ4n) is 1.05. The van der Waals surface area contributed by atoms with Gasteiger partial charge in [0, 0.05) is 6.92 Å². The number of nitrogens with one attached hydrogen (secondary N) is 2. The van der Waals surface area contributed by atoms with Gasteiger partial charge in [-0.2, -0.15) is 0 Å². The highest BCUT2D eigenvalue weighted by Crippen LogP contribution is 2.36. The fraction of sp³-hybridized carbons (Fsp3) is 0.111. The summed E-state index contributed by atoms with van der Waals surface area (Å²) in [6.07, 6.45) is -1.25. The summed E-state index contributed by atoms with van der Waals surface area (Å²) >= 11 is 11.7. The third-order valence-corrected chi connectivity index (χ3v) is 2.34. The van der Waals surface area contributed by atoms with Gasteiger partial charge in [0.2, 0.25) is 5.91 Å². The molecule has 0 aliphatic rings. The minimum atomic E-state index is -1.25. The molecule has 0 aliphatic carbocycles. The molecule has 0 aliphatic heterocycles. The van der Waals surface area contributed by atoms with Crippen LogP contribution in [-0.4, -0.2) is 17.1 Å². The number of carboxylic acid groups (broad SMARTS) is 1. The molecule has 16 heavy (non-hydrogen) atoms. The summed E-state index contributed by atoms with van der Waals surface area (Å²) in [5, 5.41) is 13.3. The summed E-state index contributed by atoms with van der Waals surface area (Å²) in [6.45, 7) is 1.30. The van der Waals surface area contributed by atoms with Crippen molar-refractivity contribution >= 4 is 46.6 Å². The standard InChI is InChI=1S/C9H8Cl2N2O3/c1-4(14)12-8-5(10)2-3-6(7(8)11)13-9(15)16/h2-3,13H,1H3,(H,12,14)(H,15,16). The molecular weight excluding hydrogens is 255 g/mol. The molecule has 1 aromatic rings. The van der Waals surface area contributed by atoms with Crippen LogP contribution in [0.3, 0.4) is 0 Å². The molecular formula is C9H8Cl2N2O3. The second kappa shape index (κ2) is 5.05. The molecule has 1 aromatic carbocycles. The smallest absolute Gasteiger partial charge is 0.409 e. The number of carbonyl (C=O) groups is 2. The van der Waals surface area contributed by atoms with E-state index in [4.69, 9.17) is 28.3 Å². The average Bonchev–Trinajstić information content (AvgIpc) is 2.16. The highest BCUT2D eigenvalue weighted by atomic mass is 35.5. The number of carbonyl (C=O) groups excluding carboxylic acids is 1. The van der Waals surface area contributed by atoms with Crippen LogP contribution in [0.15, 0.2) is 12.1 Å². The largest absolute Gasteiger partial charge is 0.465 e. The van der Waals surface area contributed by atoms with E-state index in [0.29, 0.717) is 0 Å². The molecule has 0 saturated carbocycles. The number of halogens is 2. The summed E-state index contributed by atoms with van der Waals surface area (Å²) in [4.78, 5) is 21.3. The van der Waals surface area contributed by atoms with Gasteiger partial charge in [-0.15, -0.1) is 0 Å². The van der Waals surface area contributed by atoms with Crippen LogP contribution in [0.2, 0.25) is 10.0 Å². The maximum Gasteiger partial charge on any atom is 0.409 e. The monoisotopic (exact) mass is 262 g/mol. The molecule has 0 unspecified atom stereocenters. The maximum absolute atomic E-state index is 10.9. The van der Waals surface area contributed by atoms with Gasteiger partial charge >= 0.3 is 6.09 Å². The predicted octanol–water partition coefficient (Wildman–Crippen LogP) is 3.04. The number of hydrogen-bond acceptors (Lipinski definition) is 2. The van der Waals surface area contributed by atoms with Crippen molar-refractivity contribution in [3.63, 3.8) is 0 Å². The Morgan fingerprint density at radius 1 is 1.25 bits per heavy atom. The highest BCUT2D eigenvalue weighted by molar-refractivity contribution is 6.41. The van der Waals surface area contributed by atoms with Gasteiger partial charge in [-0.3, -0.25) is 10.1 Å². The van der Waals surface area contributed by atoms with Crippen molar-refractivity contribution in [1.82, 2.24) is 0 Å². The summed E-state index contributed by atoms with van der Waals surface area (Å²) < 4.78 is 0. The van der Waals surface area contributed by atoms with E-state index in [9.17, 15) is 9.59 Å². The Hall–Kier alpha value is -1.46. The van der Waals surface area contributed by atoms with Gasteiger partial charge in [0.1, 0.15) is 0 Å². The van der Waals surface area contributed by atoms with Crippen molar-refractivity contribution in [3.8, 4) is 0 Å². The fourth-order valence-corrected chi connectivity index (χ4v) is 1.57. The molecule has 5 nitrogen and oxygen atoms in total. The lowest BCUT2D eigenvalue weighted by molar-refractivity contribution is -0.114. The minimum absolute atomic E-state index is 0.0464. The van der Waals surface area contributed by atoms with E-state index >= 15 is 0 Å². The molecule has 0 atom stereocenters. The van der Waals surface area contributed by atoms with Crippen molar-refractivity contribution in [1.29, 1.82) is 0 Å². The molecule has 2 amide bonds. The van der Waals surface area contributed by atoms with E-state index in [2.05, 4.69) is 10.6 Å². The minimum Gasteiger partial charge on any atom is -0.465 e. The topological polar surface area (TPSA) is 78.4 Å². The van der Waals surface area contributed by atoms with E-state index < -0.39 is 6.09 Å². The molecule has 7 heteroatoms. The molecule has 1 rings (SSSR count). The second-order valence-corrected chi connectivity index (χ2v) is 3.68. The van der Waals surface area contributed by atoms with Crippen LogP contribution in [0.5, 0.6) is 0 Å². The third kappa shape index (κ3) is 3.01.